The van der Waals surface area contributed by atoms with E-state index in [4.69, 9.17) is 10.5 Å². The first-order valence-electron chi connectivity index (χ1n) is 5.73. The zero-order valence-electron chi connectivity index (χ0n) is 10.1. The van der Waals surface area contributed by atoms with E-state index in [-0.39, 0.29) is 11.2 Å². The molecule has 0 bridgehead atoms. The molecule has 0 aromatic heterocycles. The molecule has 0 heterocycles. The van der Waals surface area contributed by atoms with Gasteiger partial charge in [0.25, 0.3) is 0 Å². The summed E-state index contributed by atoms with van der Waals surface area (Å²) in [6, 6.07) is 5.91. The van der Waals surface area contributed by atoms with Crippen LogP contribution in [-0.2, 0) is 9.53 Å². The number of nitrogens with two attached hydrogens (primary N) is 1. The number of nitrogen functional groups attached to an aromatic ring is 1. The number of hydrogen-bond acceptors (Lipinski definition) is 4. The monoisotopic (exact) mass is 251 g/mol. The predicted octanol–water partition coefficient (Wildman–Crippen LogP) is 2.62. The molecule has 1 aliphatic carbocycles. The molecule has 92 valence electrons. The van der Waals surface area contributed by atoms with Gasteiger partial charge < -0.3 is 10.5 Å². The number of thioether (sulfide) groups is 1. The molecule has 17 heavy (non-hydrogen) atoms. The highest BCUT2D eigenvalue weighted by Gasteiger charge is 2.38. The van der Waals surface area contributed by atoms with E-state index in [9.17, 15) is 4.79 Å². The Balaban J connectivity index is 2.17. The lowest BCUT2D eigenvalue weighted by molar-refractivity contribution is -0.140. The Labute approximate surface area is 106 Å². The molecule has 0 radical (unpaired) electrons. The number of carbonyl (C=O) groups is 1. The summed E-state index contributed by atoms with van der Waals surface area (Å²) in [7, 11) is 1.44. The van der Waals surface area contributed by atoms with Gasteiger partial charge in [0.1, 0.15) is 5.25 Å². The SMILES string of the molecule is COC(=O)C(Sc1cccc(C)c1N)C1CC1. The zero-order valence-corrected chi connectivity index (χ0v) is 10.9. The number of methoxy groups -OCH3 is 1. The number of para-hydroxylation sites is 1. The Hall–Kier alpha value is -1.16. The highest BCUT2D eigenvalue weighted by molar-refractivity contribution is 8.00. The third kappa shape index (κ3) is 2.75. The topological polar surface area (TPSA) is 52.3 Å². The molecule has 0 aliphatic heterocycles. The van der Waals surface area contributed by atoms with Gasteiger partial charge in [-0.1, -0.05) is 12.1 Å². The van der Waals surface area contributed by atoms with Crippen molar-refractivity contribution in [2.45, 2.75) is 29.9 Å². The van der Waals surface area contributed by atoms with E-state index in [0.717, 1.165) is 29.0 Å². The fourth-order valence-corrected chi connectivity index (χ4v) is 3.12. The smallest absolute Gasteiger partial charge is 0.319 e. The quantitative estimate of drug-likeness (QED) is 0.508. The summed E-state index contributed by atoms with van der Waals surface area (Å²) in [5.74, 6) is 0.311. The van der Waals surface area contributed by atoms with Crippen molar-refractivity contribution in [3.63, 3.8) is 0 Å². The molecular formula is C13H17NO2S. The molecule has 3 nitrogen and oxygen atoms in total. The maximum Gasteiger partial charge on any atom is 0.319 e. The maximum atomic E-state index is 11.7. The Bertz CT molecular complexity index is 429. The van der Waals surface area contributed by atoms with E-state index >= 15 is 0 Å². The summed E-state index contributed by atoms with van der Waals surface area (Å²) in [6.45, 7) is 1.98. The lowest BCUT2D eigenvalue weighted by Gasteiger charge is -2.15. The third-order valence-electron chi connectivity index (χ3n) is 3.02. The van der Waals surface area contributed by atoms with Crippen molar-refractivity contribution in [1.29, 1.82) is 0 Å². The van der Waals surface area contributed by atoms with Crippen LogP contribution in [0.5, 0.6) is 0 Å². The van der Waals surface area contributed by atoms with Gasteiger partial charge in [-0.3, -0.25) is 4.79 Å². The fourth-order valence-electron chi connectivity index (χ4n) is 1.75. The average Bonchev–Trinajstić information content (AvgIpc) is 3.14. The summed E-state index contributed by atoms with van der Waals surface area (Å²) in [6.07, 6.45) is 2.22. The zero-order chi connectivity index (χ0) is 12.4. The summed E-state index contributed by atoms with van der Waals surface area (Å²) < 4.78 is 4.86. The maximum absolute atomic E-state index is 11.7. The van der Waals surface area contributed by atoms with Crippen LogP contribution in [0.3, 0.4) is 0 Å². The molecule has 2 rings (SSSR count). The first kappa shape index (κ1) is 12.3. The third-order valence-corrected chi connectivity index (χ3v) is 4.46. The minimum Gasteiger partial charge on any atom is -0.468 e. The first-order valence-corrected chi connectivity index (χ1v) is 6.61. The van der Waals surface area contributed by atoms with Gasteiger partial charge in [-0.2, -0.15) is 0 Å². The van der Waals surface area contributed by atoms with Gasteiger partial charge in [0, 0.05) is 10.6 Å². The first-order chi connectivity index (χ1) is 8.13. The van der Waals surface area contributed by atoms with Gasteiger partial charge in [-0.05, 0) is 37.3 Å². The van der Waals surface area contributed by atoms with Gasteiger partial charge >= 0.3 is 5.97 Å². The summed E-state index contributed by atoms with van der Waals surface area (Å²) in [4.78, 5) is 12.7. The van der Waals surface area contributed by atoms with Gasteiger partial charge in [-0.15, -0.1) is 11.8 Å². The molecule has 1 atom stereocenters. The second kappa shape index (κ2) is 5.00. The van der Waals surface area contributed by atoms with E-state index in [1.165, 1.54) is 18.9 Å². The number of aryl methyl sites for hydroxylation is 1. The molecule has 0 amide bonds. The van der Waals surface area contributed by atoms with Gasteiger partial charge in [0.05, 0.1) is 7.11 Å². The van der Waals surface area contributed by atoms with Crippen molar-refractivity contribution in [2.75, 3.05) is 12.8 Å². The second-order valence-electron chi connectivity index (χ2n) is 4.39. The van der Waals surface area contributed by atoms with E-state index in [1.807, 2.05) is 25.1 Å². The lowest BCUT2D eigenvalue weighted by atomic mass is 10.2. The van der Waals surface area contributed by atoms with Crippen molar-refractivity contribution in [3.8, 4) is 0 Å². The second-order valence-corrected chi connectivity index (χ2v) is 5.57. The van der Waals surface area contributed by atoms with Crippen LogP contribution in [-0.4, -0.2) is 18.3 Å². The standard InChI is InChI=1S/C13H17NO2S/c1-8-4-3-5-10(11(8)14)17-12(9-6-7-9)13(15)16-2/h3-5,9,12H,6-7,14H2,1-2H3. The summed E-state index contributed by atoms with van der Waals surface area (Å²) >= 11 is 1.53. The van der Waals surface area contributed by atoms with E-state index < -0.39 is 0 Å². The minimum atomic E-state index is -0.140. The molecule has 1 aromatic carbocycles. The van der Waals surface area contributed by atoms with Crippen LogP contribution in [0.4, 0.5) is 5.69 Å². The molecule has 0 saturated heterocycles. The van der Waals surface area contributed by atoms with Gasteiger partial charge in [0.15, 0.2) is 0 Å². The van der Waals surface area contributed by atoms with Crippen LogP contribution in [0.15, 0.2) is 23.1 Å². The molecule has 1 unspecified atom stereocenters. The van der Waals surface area contributed by atoms with Crippen molar-refractivity contribution in [3.05, 3.63) is 23.8 Å². The molecule has 1 saturated carbocycles. The Morgan fingerprint density at radius 2 is 2.24 bits per heavy atom. The van der Waals surface area contributed by atoms with Crippen molar-refractivity contribution < 1.29 is 9.53 Å². The molecule has 1 fully saturated rings. The largest absolute Gasteiger partial charge is 0.468 e. The highest BCUT2D eigenvalue weighted by atomic mass is 32.2. The highest BCUT2D eigenvalue weighted by Crippen LogP contribution is 2.43. The molecule has 1 aromatic rings. The lowest BCUT2D eigenvalue weighted by Crippen LogP contribution is -2.21. The normalized spacial score (nSPS) is 16.6. The van der Waals surface area contributed by atoms with Crippen LogP contribution in [0.1, 0.15) is 18.4 Å². The van der Waals surface area contributed by atoms with Crippen LogP contribution in [0.25, 0.3) is 0 Å². The number of rotatable bonds is 4. The molecule has 0 spiro atoms. The Morgan fingerprint density at radius 3 is 2.82 bits per heavy atom. The van der Waals surface area contributed by atoms with Crippen LogP contribution >= 0.6 is 11.8 Å². The number of benzene rings is 1. The predicted molar refractivity (Wildman–Crippen MR) is 70.0 cm³/mol. The van der Waals surface area contributed by atoms with Crippen LogP contribution in [0, 0.1) is 12.8 Å². The van der Waals surface area contributed by atoms with Crippen molar-refractivity contribution >= 4 is 23.4 Å². The Morgan fingerprint density at radius 1 is 1.53 bits per heavy atom. The van der Waals surface area contributed by atoms with Gasteiger partial charge in [0.2, 0.25) is 0 Å². The number of ether oxygens (including phenoxy) is 1. The molecule has 2 N–H and O–H groups in total. The summed E-state index contributed by atoms with van der Waals surface area (Å²) in [5, 5.41) is -0.107. The van der Waals surface area contributed by atoms with E-state index in [1.54, 1.807) is 0 Å². The van der Waals surface area contributed by atoms with Crippen LogP contribution in [0.2, 0.25) is 0 Å². The van der Waals surface area contributed by atoms with Gasteiger partial charge in [-0.25, -0.2) is 0 Å². The molecule has 1 aliphatic rings. The number of hydrogen-bond donors (Lipinski definition) is 1. The average molecular weight is 251 g/mol. The fraction of sp³-hybridized carbons (Fsp3) is 0.462. The minimum absolute atomic E-state index is 0.107. The number of carbonyl (C=O) groups excluding carboxylic acids is 1. The molecule has 4 heteroatoms. The number of anilines is 1. The Kier molecular flexibility index (Phi) is 3.62. The van der Waals surface area contributed by atoms with Crippen molar-refractivity contribution in [1.82, 2.24) is 0 Å². The van der Waals surface area contributed by atoms with E-state index in [0.29, 0.717) is 5.92 Å². The molecular weight excluding hydrogens is 234 g/mol. The van der Waals surface area contributed by atoms with Crippen LogP contribution < -0.4 is 5.73 Å². The van der Waals surface area contributed by atoms with E-state index in [2.05, 4.69) is 0 Å². The number of esters is 1. The summed E-state index contributed by atoms with van der Waals surface area (Å²) in [5.41, 5.74) is 7.84. The van der Waals surface area contributed by atoms with Crippen molar-refractivity contribution in [2.24, 2.45) is 5.92 Å².